The number of aromatic nitrogens is 1. The van der Waals surface area contributed by atoms with E-state index in [2.05, 4.69) is 174 Å². The van der Waals surface area contributed by atoms with Crippen molar-refractivity contribution < 1.29 is 4.42 Å². The lowest BCUT2D eigenvalue weighted by atomic mass is 10.0. The van der Waals surface area contributed by atoms with E-state index in [1.165, 1.54) is 33.0 Å². The molecule has 4 nitrogen and oxygen atoms in total. The van der Waals surface area contributed by atoms with E-state index < -0.39 is 6.17 Å². The molecule has 11 rings (SSSR count). The van der Waals surface area contributed by atoms with Crippen LogP contribution in [-0.2, 0) is 0 Å². The lowest BCUT2D eigenvalue weighted by molar-refractivity contribution is 0.668. The summed E-state index contributed by atoms with van der Waals surface area (Å²) < 4.78 is 9.04. The normalized spacial score (nSPS) is 14.0. The number of hydrogen-bond donors (Lipinski definition) is 0. The molecule has 0 radical (unpaired) electrons. The average Bonchev–Trinajstić information content (AvgIpc) is 3.79. The highest BCUT2D eigenvalue weighted by atomic mass is 16.3. The van der Waals surface area contributed by atoms with Crippen LogP contribution in [0.1, 0.15) is 17.3 Å². The highest BCUT2D eigenvalue weighted by molar-refractivity contribution is 6.12. The molecular weight excluding hydrogens is 659 g/mol. The Bertz CT molecular complexity index is 3080. The van der Waals surface area contributed by atoms with Crippen LogP contribution >= 0.6 is 0 Å². The summed E-state index contributed by atoms with van der Waals surface area (Å²) in [7, 11) is 0. The van der Waals surface area contributed by atoms with Crippen LogP contribution in [0.3, 0.4) is 0 Å². The van der Waals surface area contributed by atoms with Gasteiger partial charge in [0.05, 0.1) is 16.4 Å². The first-order valence-corrected chi connectivity index (χ1v) is 18.3. The van der Waals surface area contributed by atoms with Crippen molar-refractivity contribution in [3.63, 3.8) is 0 Å². The third-order valence-electron chi connectivity index (χ3n) is 10.7. The minimum atomic E-state index is -0.408. The monoisotopic (exact) mass is 690 g/mol. The molecule has 1 aliphatic rings. The Labute approximate surface area is 311 Å². The van der Waals surface area contributed by atoms with Crippen LogP contribution in [0.2, 0.25) is 0 Å². The standard InChI is InChI=1S/C50H32N3O/c1-4-13-32(14-5-1)35-23-27-44-41(29-35)42-30-36(33-15-6-2-7-16-33)24-28-45(42)53(44)37-25-26-39-47(31-37)54-46-22-12-20-40(48(39)46)50-51-43-21-11-10-19-38(43)49(52-50)34-17-8-3-9-18-34/h1-31,50H/q-1. The lowest BCUT2D eigenvalue weighted by Gasteiger charge is -2.36. The largest absolute Gasteiger partial charge is 0.659 e. The van der Waals surface area contributed by atoms with E-state index in [0.717, 1.165) is 66.1 Å². The Morgan fingerprint density at radius 2 is 1.07 bits per heavy atom. The van der Waals surface area contributed by atoms with Gasteiger partial charge in [0.2, 0.25) is 0 Å². The highest BCUT2D eigenvalue weighted by Crippen LogP contribution is 2.42. The minimum absolute atomic E-state index is 0.408. The van der Waals surface area contributed by atoms with E-state index in [4.69, 9.17) is 14.7 Å². The predicted molar refractivity (Wildman–Crippen MR) is 221 cm³/mol. The second-order valence-corrected chi connectivity index (χ2v) is 13.9. The van der Waals surface area contributed by atoms with Gasteiger partial charge in [0.15, 0.2) is 0 Å². The van der Waals surface area contributed by atoms with Gasteiger partial charge in [0.1, 0.15) is 11.2 Å². The maximum Gasteiger partial charge on any atom is 0.137 e. The first-order chi connectivity index (χ1) is 26.8. The fourth-order valence-corrected chi connectivity index (χ4v) is 8.22. The average molecular weight is 691 g/mol. The zero-order chi connectivity index (χ0) is 35.6. The molecule has 0 saturated carbocycles. The first kappa shape index (κ1) is 30.5. The molecule has 0 fully saturated rings. The second-order valence-electron chi connectivity index (χ2n) is 13.9. The molecule has 0 spiro atoms. The lowest BCUT2D eigenvalue weighted by Crippen LogP contribution is -2.31. The summed E-state index contributed by atoms with van der Waals surface area (Å²) >= 11 is 0. The van der Waals surface area contributed by atoms with Gasteiger partial charge in [-0.2, -0.15) is 0 Å². The third kappa shape index (κ3) is 4.88. The summed E-state index contributed by atoms with van der Waals surface area (Å²) in [5.74, 6) is 0. The van der Waals surface area contributed by atoms with Crippen LogP contribution in [0, 0.1) is 0 Å². The quantitative estimate of drug-likeness (QED) is 0.177. The first-order valence-electron chi connectivity index (χ1n) is 18.3. The Morgan fingerprint density at radius 1 is 0.463 bits per heavy atom. The van der Waals surface area contributed by atoms with E-state index in [-0.39, 0.29) is 0 Å². The topological polar surface area (TPSA) is 44.5 Å². The highest BCUT2D eigenvalue weighted by Gasteiger charge is 2.19. The fraction of sp³-hybridized carbons (Fsp3) is 0.0200. The van der Waals surface area contributed by atoms with E-state index in [0.29, 0.717) is 0 Å². The number of nitrogens with zero attached hydrogens (tertiary/aromatic N) is 3. The molecule has 1 unspecified atom stereocenters. The van der Waals surface area contributed by atoms with E-state index in [1.807, 2.05) is 18.2 Å². The van der Waals surface area contributed by atoms with Crippen molar-refractivity contribution in [2.24, 2.45) is 4.99 Å². The van der Waals surface area contributed by atoms with Gasteiger partial charge in [-0.3, -0.25) is 4.99 Å². The molecule has 4 heteroatoms. The summed E-state index contributed by atoms with van der Waals surface area (Å²) in [6, 6.07) is 66.4. The number of benzene rings is 8. The van der Waals surface area contributed by atoms with Gasteiger partial charge >= 0.3 is 0 Å². The Kier molecular flexibility index (Phi) is 6.89. The molecule has 8 aromatic carbocycles. The van der Waals surface area contributed by atoms with Gasteiger partial charge in [-0.05, 0) is 87.1 Å². The molecule has 0 N–H and O–H groups in total. The van der Waals surface area contributed by atoms with E-state index in [1.54, 1.807) is 0 Å². The fourth-order valence-electron chi connectivity index (χ4n) is 8.22. The minimum Gasteiger partial charge on any atom is -0.659 e. The number of fused-ring (bicyclic) bond motifs is 7. The molecule has 1 aliphatic heterocycles. The van der Waals surface area contributed by atoms with Gasteiger partial charge < -0.3 is 14.3 Å². The SMILES string of the molecule is c1ccc(C2=c3ccccc3=NC(c3cccc4oc5cc(-n6c7ccc(-c8ccccc8)cc7c7cc(-c8ccccc8)ccc76)ccc5c34)[N-]2)cc1. The molecule has 0 amide bonds. The van der Waals surface area contributed by atoms with Crippen molar-refractivity contribution >= 4 is 49.4 Å². The van der Waals surface area contributed by atoms with Gasteiger partial charge in [-0.1, -0.05) is 133 Å². The van der Waals surface area contributed by atoms with Crippen molar-refractivity contribution in [2.45, 2.75) is 6.17 Å². The maximum atomic E-state index is 6.68. The molecular formula is C50H32N3O-. The number of hydrogen-bond acceptors (Lipinski definition) is 2. The number of para-hydroxylation sites is 1. The second kappa shape index (κ2) is 12.2. The molecule has 3 heterocycles. The van der Waals surface area contributed by atoms with Crippen molar-refractivity contribution in [2.75, 3.05) is 0 Å². The Balaban J connectivity index is 1.08. The van der Waals surface area contributed by atoms with Gasteiger partial charge in [-0.25, -0.2) is 0 Å². The smallest absolute Gasteiger partial charge is 0.137 e. The summed E-state index contributed by atoms with van der Waals surface area (Å²) in [6.07, 6.45) is -0.408. The van der Waals surface area contributed by atoms with E-state index >= 15 is 0 Å². The Morgan fingerprint density at radius 3 is 1.74 bits per heavy atom. The molecule has 0 aliphatic carbocycles. The van der Waals surface area contributed by atoms with Crippen molar-refractivity contribution in [1.29, 1.82) is 0 Å². The van der Waals surface area contributed by atoms with Crippen LogP contribution in [0.25, 0.3) is 82.7 Å². The van der Waals surface area contributed by atoms with Crippen LogP contribution in [0.15, 0.2) is 197 Å². The molecule has 10 aromatic rings. The summed E-state index contributed by atoms with van der Waals surface area (Å²) in [4.78, 5) is 5.18. The van der Waals surface area contributed by atoms with Crippen LogP contribution in [-0.4, -0.2) is 4.57 Å². The van der Waals surface area contributed by atoms with Gasteiger partial charge in [-0.15, -0.1) is 5.70 Å². The van der Waals surface area contributed by atoms with Crippen molar-refractivity contribution in [3.05, 3.63) is 215 Å². The summed E-state index contributed by atoms with van der Waals surface area (Å²) in [5, 5.41) is 11.8. The van der Waals surface area contributed by atoms with Crippen LogP contribution < -0.4 is 10.6 Å². The maximum absolute atomic E-state index is 6.68. The zero-order valence-electron chi connectivity index (χ0n) is 29.2. The van der Waals surface area contributed by atoms with Crippen molar-refractivity contribution in [3.8, 4) is 27.9 Å². The molecule has 0 bridgehead atoms. The van der Waals surface area contributed by atoms with Gasteiger partial charge in [0, 0.05) is 39.5 Å². The number of rotatable bonds is 5. The third-order valence-corrected chi connectivity index (χ3v) is 10.7. The van der Waals surface area contributed by atoms with Crippen LogP contribution in [0.4, 0.5) is 0 Å². The Hall–Kier alpha value is -7.17. The zero-order valence-corrected chi connectivity index (χ0v) is 29.2. The predicted octanol–water partition coefficient (Wildman–Crippen LogP) is 11.9. The summed E-state index contributed by atoms with van der Waals surface area (Å²) in [6.45, 7) is 0. The molecule has 54 heavy (non-hydrogen) atoms. The number of furan rings is 1. The van der Waals surface area contributed by atoms with E-state index in [9.17, 15) is 0 Å². The molecule has 0 saturated heterocycles. The molecule has 254 valence electrons. The summed E-state index contributed by atoms with van der Waals surface area (Å²) in [5.41, 5.74) is 12.9. The molecule has 2 aromatic heterocycles. The molecule has 1 atom stereocenters. The van der Waals surface area contributed by atoms with Crippen molar-refractivity contribution in [1.82, 2.24) is 4.57 Å². The van der Waals surface area contributed by atoms with Crippen LogP contribution in [0.5, 0.6) is 0 Å². The van der Waals surface area contributed by atoms with Gasteiger partial charge in [0.25, 0.3) is 0 Å².